The normalized spacial score (nSPS) is 15.1. The Balaban J connectivity index is 1.72. The van der Waals surface area contributed by atoms with Crippen LogP contribution in [-0.2, 0) is 27.3 Å². The van der Waals surface area contributed by atoms with Gasteiger partial charge in [-0.2, -0.15) is 0 Å². The van der Waals surface area contributed by atoms with Crippen LogP contribution in [0.3, 0.4) is 0 Å². The number of hydrogen-bond acceptors (Lipinski definition) is 5. The summed E-state index contributed by atoms with van der Waals surface area (Å²) in [6.07, 6.45) is 0.722. The van der Waals surface area contributed by atoms with Gasteiger partial charge in [0.2, 0.25) is 5.96 Å². The zero-order valence-corrected chi connectivity index (χ0v) is 21.2. The number of aliphatic imine (C=N–C) groups is 1. The highest BCUT2D eigenvalue weighted by molar-refractivity contribution is 6.22. The summed E-state index contributed by atoms with van der Waals surface area (Å²) in [5, 5.41) is 0. The largest absolute Gasteiger partial charge is 0.466 e. The smallest absolute Gasteiger partial charge is 0.307 e. The molecule has 3 aromatic carbocycles. The van der Waals surface area contributed by atoms with Gasteiger partial charge in [-0.05, 0) is 55.2 Å². The molecule has 0 N–H and O–H groups in total. The van der Waals surface area contributed by atoms with Crippen molar-refractivity contribution in [1.82, 2.24) is 4.90 Å². The van der Waals surface area contributed by atoms with Crippen LogP contribution in [0.15, 0.2) is 83.9 Å². The van der Waals surface area contributed by atoms with Crippen LogP contribution in [-0.4, -0.2) is 41.9 Å². The van der Waals surface area contributed by atoms with E-state index in [4.69, 9.17) is 9.73 Å². The van der Waals surface area contributed by atoms with Crippen molar-refractivity contribution in [1.29, 1.82) is 0 Å². The summed E-state index contributed by atoms with van der Waals surface area (Å²) in [5.41, 5.74) is 5.07. The molecule has 6 nitrogen and oxygen atoms in total. The molecule has 1 heterocycles. The second kappa shape index (κ2) is 11.7. The van der Waals surface area contributed by atoms with Crippen molar-refractivity contribution in [2.24, 2.45) is 4.99 Å². The Hall–Kier alpha value is -3.93. The third kappa shape index (κ3) is 6.19. The highest BCUT2D eigenvalue weighted by atomic mass is 16.5. The van der Waals surface area contributed by atoms with E-state index in [1.807, 2.05) is 91.5 Å². The number of aryl methyl sites for hydroxylation is 2. The molecule has 0 aromatic heterocycles. The Morgan fingerprint density at radius 2 is 1.56 bits per heavy atom. The average molecular weight is 484 g/mol. The van der Waals surface area contributed by atoms with E-state index in [2.05, 4.69) is 6.07 Å². The lowest BCUT2D eigenvalue weighted by molar-refractivity contribution is -0.143. The van der Waals surface area contributed by atoms with Crippen molar-refractivity contribution in [3.63, 3.8) is 0 Å². The molecule has 1 atom stereocenters. The number of ether oxygens (including phenoxy) is 1. The minimum Gasteiger partial charge on any atom is -0.466 e. The molecule has 1 unspecified atom stereocenters. The zero-order valence-electron chi connectivity index (χ0n) is 21.2. The molecule has 1 aliphatic rings. The lowest BCUT2D eigenvalue weighted by Crippen LogP contribution is -2.45. The maximum atomic E-state index is 13.8. The lowest BCUT2D eigenvalue weighted by atomic mass is 10.1. The SMILES string of the molecule is CCOC(=O)CCN(Cc1ccccc1)C1=NC(Cc2ccccc2)C(=O)N1c1cc(C)cc(C)c1. The third-order valence-electron chi connectivity index (χ3n) is 6.10. The van der Waals surface area contributed by atoms with Gasteiger partial charge < -0.3 is 9.64 Å². The van der Waals surface area contributed by atoms with E-state index < -0.39 is 6.04 Å². The van der Waals surface area contributed by atoms with Gasteiger partial charge in [0.05, 0.1) is 18.7 Å². The molecule has 0 bridgehead atoms. The van der Waals surface area contributed by atoms with Crippen molar-refractivity contribution in [3.8, 4) is 0 Å². The summed E-state index contributed by atoms with van der Waals surface area (Å²) in [7, 11) is 0. The average Bonchev–Trinajstić information content (AvgIpc) is 3.18. The molecule has 0 radical (unpaired) electrons. The third-order valence-corrected chi connectivity index (χ3v) is 6.10. The molecule has 4 rings (SSSR count). The summed E-state index contributed by atoms with van der Waals surface area (Å²) in [5.74, 6) is 0.242. The summed E-state index contributed by atoms with van der Waals surface area (Å²) in [4.78, 5) is 34.8. The molecule has 0 saturated carbocycles. The summed E-state index contributed by atoms with van der Waals surface area (Å²) >= 11 is 0. The van der Waals surface area contributed by atoms with Gasteiger partial charge in [-0.3, -0.25) is 9.59 Å². The van der Waals surface area contributed by atoms with Crippen LogP contribution in [0.1, 0.15) is 35.6 Å². The first-order valence-corrected chi connectivity index (χ1v) is 12.4. The van der Waals surface area contributed by atoms with E-state index in [0.717, 1.165) is 27.9 Å². The fraction of sp³-hybridized carbons (Fsp3) is 0.300. The molecule has 3 aromatic rings. The van der Waals surface area contributed by atoms with E-state index in [1.54, 1.807) is 11.8 Å². The van der Waals surface area contributed by atoms with E-state index in [1.165, 1.54) is 0 Å². The van der Waals surface area contributed by atoms with Crippen LogP contribution in [0.25, 0.3) is 0 Å². The summed E-state index contributed by atoms with van der Waals surface area (Å²) in [6, 6.07) is 25.5. The standard InChI is InChI=1S/C30H33N3O3/c1-4-36-28(34)15-16-32(21-25-13-9-6-10-14-25)30-31-27(20-24-11-7-5-8-12-24)29(35)33(30)26-18-22(2)17-23(3)19-26/h5-14,17-19,27H,4,15-16,20-21H2,1-3H3. The molecule has 6 heteroatoms. The molecule has 186 valence electrons. The quantitative estimate of drug-likeness (QED) is 0.399. The molecule has 1 amide bonds. The van der Waals surface area contributed by atoms with E-state index in [9.17, 15) is 9.59 Å². The Labute approximate surface area is 213 Å². The van der Waals surface area contributed by atoms with E-state index >= 15 is 0 Å². The minimum atomic E-state index is -0.538. The van der Waals surface area contributed by atoms with Crippen molar-refractivity contribution < 1.29 is 14.3 Å². The number of hydrogen-bond donors (Lipinski definition) is 0. The van der Waals surface area contributed by atoms with Crippen molar-refractivity contribution in [2.75, 3.05) is 18.1 Å². The maximum absolute atomic E-state index is 13.8. The van der Waals surface area contributed by atoms with Crippen LogP contribution < -0.4 is 4.90 Å². The second-order valence-electron chi connectivity index (χ2n) is 9.12. The van der Waals surface area contributed by atoms with Gasteiger partial charge >= 0.3 is 5.97 Å². The van der Waals surface area contributed by atoms with Gasteiger partial charge in [-0.1, -0.05) is 66.7 Å². The Bertz CT molecular complexity index is 1200. The van der Waals surface area contributed by atoms with Crippen molar-refractivity contribution in [2.45, 2.75) is 46.2 Å². The fourth-order valence-corrected chi connectivity index (χ4v) is 4.53. The van der Waals surface area contributed by atoms with Crippen LogP contribution >= 0.6 is 0 Å². The van der Waals surface area contributed by atoms with Gasteiger partial charge in [0.25, 0.3) is 5.91 Å². The number of carbonyl (C=O) groups excluding carboxylic acids is 2. The topological polar surface area (TPSA) is 62.2 Å². The highest BCUT2D eigenvalue weighted by Gasteiger charge is 2.38. The predicted octanol–water partition coefficient (Wildman–Crippen LogP) is 5.07. The van der Waals surface area contributed by atoms with E-state index in [-0.39, 0.29) is 18.3 Å². The van der Waals surface area contributed by atoms with Crippen molar-refractivity contribution >= 4 is 23.5 Å². The number of benzene rings is 3. The molecular formula is C30H33N3O3. The molecule has 36 heavy (non-hydrogen) atoms. The zero-order chi connectivity index (χ0) is 25.5. The second-order valence-corrected chi connectivity index (χ2v) is 9.12. The first kappa shape index (κ1) is 25.2. The summed E-state index contributed by atoms with van der Waals surface area (Å²) < 4.78 is 5.18. The number of esters is 1. The van der Waals surface area contributed by atoms with Gasteiger partial charge in [-0.15, -0.1) is 0 Å². The fourth-order valence-electron chi connectivity index (χ4n) is 4.53. The predicted molar refractivity (Wildman–Crippen MR) is 143 cm³/mol. The number of amides is 1. The molecule has 0 spiro atoms. The van der Waals surface area contributed by atoms with Crippen LogP contribution in [0.5, 0.6) is 0 Å². The molecule has 0 fully saturated rings. The molecular weight excluding hydrogens is 450 g/mol. The Kier molecular flexibility index (Phi) is 8.16. The van der Waals surface area contributed by atoms with Crippen LogP contribution in [0, 0.1) is 13.8 Å². The van der Waals surface area contributed by atoms with Crippen LogP contribution in [0.2, 0.25) is 0 Å². The Morgan fingerprint density at radius 1 is 0.944 bits per heavy atom. The van der Waals surface area contributed by atoms with Gasteiger partial charge in [0.1, 0.15) is 6.04 Å². The lowest BCUT2D eigenvalue weighted by Gasteiger charge is -2.30. The number of carbonyl (C=O) groups is 2. The number of rotatable bonds is 9. The molecule has 0 aliphatic carbocycles. The number of anilines is 1. The minimum absolute atomic E-state index is 0.0620. The highest BCUT2D eigenvalue weighted by Crippen LogP contribution is 2.28. The molecule has 1 aliphatic heterocycles. The summed E-state index contributed by atoms with van der Waals surface area (Å²) in [6.45, 7) is 7.10. The Morgan fingerprint density at radius 3 is 2.17 bits per heavy atom. The van der Waals surface area contributed by atoms with E-state index in [0.29, 0.717) is 32.1 Å². The monoisotopic (exact) mass is 483 g/mol. The first-order valence-electron chi connectivity index (χ1n) is 12.4. The van der Waals surface area contributed by atoms with Crippen molar-refractivity contribution in [3.05, 3.63) is 101 Å². The molecule has 0 saturated heterocycles. The first-order chi connectivity index (χ1) is 17.4. The number of guanidine groups is 1. The van der Waals surface area contributed by atoms with Gasteiger partial charge in [0, 0.05) is 19.5 Å². The van der Waals surface area contributed by atoms with Gasteiger partial charge in [0.15, 0.2) is 0 Å². The number of nitrogens with zero attached hydrogens (tertiary/aromatic N) is 3. The van der Waals surface area contributed by atoms with Crippen LogP contribution in [0.4, 0.5) is 5.69 Å². The maximum Gasteiger partial charge on any atom is 0.307 e. The van der Waals surface area contributed by atoms with Gasteiger partial charge in [-0.25, -0.2) is 9.89 Å².